The van der Waals surface area contributed by atoms with E-state index in [4.69, 9.17) is 0 Å². The smallest absolute Gasteiger partial charge is 0.872 e. The van der Waals surface area contributed by atoms with Crippen molar-refractivity contribution in [2.45, 2.75) is 0 Å². The SMILES string of the molecule is [Ba+2].[O-]c1ccccc1-c1ccccc1[O-]. The molecular weight excluding hydrogens is 313 g/mol. The molecule has 2 nitrogen and oxygen atoms in total. The maximum atomic E-state index is 11.4. The van der Waals surface area contributed by atoms with Crippen molar-refractivity contribution >= 4 is 48.9 Å². The van der Waals surface area contributed by atoms with Gasteiger partial charge in [0.15, 0.2) is 0 Å². The molecule has 0 amide bonds. The Balaban J connectivity index is 0.00000112. The van der Waals surface area contributed by atoms with Gasteiger partial charge in [-0.15, -0.1) is 11.5 Å². The fraction of sp³-hybridized carbons (Fsp3) is 0. The second-order valence-electron chi connectivity index (χ2n) is 2.99. The molecule has 3 heteroatoms. The van der Waals surface area contributed by atoms with Gasteiger partial charge in [0.05, 0.1) is 0 Å². The Morgan fingerprint density at radius 1 is 0.600 bits per heavy atom. The van der Waals surface area contributed by atoms with Crippen LogP contribution in [0.1, 0.15) is 0 Å². The number of rotatable bonds is 1. The van der Waals surface area contributed by atoms with Crippen molar-refractivity contribution in [2.75, 3.05) is 0 Å². The van der Waals surface area contributed by atoms with E-state index < -0.39 is 0 Å². The average Bonchev–Trinajstić information content (AvgIpc) is 2.20. The van der Waals surface area contributed by atoms with Crippen molar-refractivity contribution in [3.8, 4) is 22.6 Å². The molecule has 0 unspecified atom stereocenters. The van der Waals surface area contributed by atoms with Gasteiger partial charge in [0.25, 0.3) is 0 Å². The molecule has 0 heterocycles. The van der Waals surface area contributed by atoms with Gasteiger partial charge >= 0.3 is 48.9 Å². The molecule has 2 aromatic rings. The van der Waals surface area contributed by atoms with Gasteiger partial charge in [-0.2, -0.15) is 0 Å². The first-order chi connectivity index (χ1) is 6.79. The molecule has 0 spiro atoms. The summed E-state index contributed by atoms with van der Waals surface area (Å²) in [4.78, 5) is 0. The van der Waals surface area contributed by atoms with Gasteiger partial charge in [0.1, 0.15) is 0 Å². The Labute approximate surface area is 129 Å². The summed E-state index contributed by atoms with van der Waals surface area (Å²) in [6, 6.07) is 13.1. The molecule has 15 heavy (non-hydrogen) atoms. The molecule has 0 bridgehead atoms. The minimum absolute atomic E-state index is 0. The zero-order chi connectivity index (χ0) is 9.97. The van der Waals surface area contributed by atoms with Crippen LogP contribution in [-0.4, -0.2) is 48.9 Å². The first-order valence-electron chi connectivity index (χ1n) is 4.31. The summed E-state index contributed by atoms with van der Waals surface area (Å²) >= 11 is 0. The van der Waals surface area contributed by atoms with E-state index in [1.165, 1.54) is 12.1 Å². The standard InChI is InChI=1S/C12H10O2.Ba/c13-11-7-3-1-5-9(11)10-6-2-4-8-12(10)14;/h1-8,13-14H;/q;+2/p-2. The van der Waals surface area contributed by atoms with Crippen LogP contribution in [0.2, 0.25) is 0 Å². The Kier molecular flexibility index (Phi) is 4.76. The van der Waals surface area contributed by atoms with E-state index >= 15 is 0 Å². The summed E-state index contributed by atoms with van der Waals surface area (Å²) in [7, 11) is 0. The van der Waals surface area contributed by atoms with Gasteiger partial charge in [-0.1, -0.05) is 48.5 Å². The molecule has 0 fully saturated rings. The summed E-state index contributed by atoms with van der Waals surface area (Å²) in [5.41, 5.74) is 0.941. The van der Waals surface area contributed by atoms with Crippen LogP contribution in [0.4, 0.5) is 0 Å². The first-order valence-corrected chi connectivity index (χ1v) is 4.31. The molecule has 0 saturated carbocycles. The average molecular weight is 322 g/mol. The van der Waals surface area contributed by atoms with Crippen molar-refractivity contribution in [3.63, 3.8) is 0 Å². The number of benzene rings is 2. The molecule has 0 radical (unpaired) electrons. The normalized spacial score (nSPS) is 9.33. The molecule has 0 N–H and O–H groups in total. The van der Waals surface area contributed by atoms with E-state index in [1.54, 1.807) is 36.4 Å². The van der Waals surface area contributed by atoms with E-state index in [9.17, 15) is 10.2 Å². The van der Waals surface area contributed by atoms with E-state index in [0.717, 1.165) is 0 Å². The van der Waals surface area contributed by atoms with Crippen molar-refractivity contribution < 1.29 is 10.2 Å². The number of hydrogen-bond donors (Lipinski definition) is 0. The van der Waals surface area contributed by atoms with E-state index in [2.05, 4.69) is 0 Å². The zero-order valence-electron chi connectivity index (χ0n) is 8.14. The fourth-order valence-electron chi connectivity index (χ4n) is 1.38. The van der Waals surface area contributed by atoms with Crippen LogP contribution in [0.25, 0.3) is 11.1 Å². The van der Waals surface area contributed by atoms with Crippen LogP contribution in [0.3, 0.4) is 0 Å². The molecule has 0 saturated heterocycles. The second-order valence-corrected chi connectivity index (χ2v) is 2.99. The summed E-state index contributed by atoms with van der Waals surface area (Å²) in [5, 5.41) is 22.9. The van der Waals surface area contributed by atoms with Crippen molar-refractivity contribution in [1.82, 2.24) is 0 Å². The van der Waals surface area contributed by atoms with Gasteiger partial charge in [0, 0.05) is 0 Å². The van der Waals surface area contributed by atoms with Gasteiger partial charge in [-0.3, -0.25) is 0 Å². The molecule has 0 aromatic heterocycles. The molecule has 0 aliphatic rings. The van der Waals surface area contributed by atoms with Crippen LogP contribution >= 0.6 is 0 Å². The van der Waals surface area contributed by atoms with Gasteiger partial charge in [0.2, 0.25) is 0 Å². The van der Waals surface area contributed by atoms with E-state index in [1.807, 2.05) is 0 Å². The maximum Gasteiger partial charge on any atom is 2.00 e. The Hall–Kier alpha value is -0.389. The van der Waals surface area contributed by atoms with Crippen LogP contribution < -0.4 is 10.2 Å². The predicted molar refractivity (Wildman–Crippen MR) is 56.5 cm³/mol. The summed E-state index contributed by atoms with van der Waals surface area (Å²) in [5.74, 6) is -0.230. The van der Waals surface area contributed by atoms with Gasteiger partial charge < -0.3 is 10.2 Å². The topological polar surface area (TPSA) is 46.1 Å². The first kappa shape index (κ1) is 12.7. The molecule has 0 atom stereocenters. The van der Waals surface area contributed by atoms with Gasteiger partial charge in [-0.25, -0.2) is 0 Å². The molecular formula is C12H8BaO2. The quantitative estimate of drug-likeness (QED) is 0.739. The third-order valence-electron chi connectivity index (χ3n) is 2.06. The van der Waals surface area contributed by atoms with Crippen molar-refractivity contribution in [3.05, 3.63) is 48.5 Å². The number of hydrogen-bond acceptors (Lipinski definition) is 2. The predicted octanol–water partition coefficient (Wildman–Crippen LogP) is 1.12. The van der Waals surface area contributed by atoms with Crippen LogP contribution in [-0.2, 0) is 0 Å². The van der Waals surface area contributed by atoms with E-state index in [0.29, 0.717) is 11.1 Å². The Bertz CT molecular complexity index is 411. The van der Waals surface area contributed by atoms with E-state index in [-0.39, 0.29) is 60.4 Å². The minimum atomic E-state index is -0.115. The van der Waals surface area contributed by atoms with Crippen LogP contribution in [0.5, 0.6) is 11.5 Å². The Morgan fingerprint density at radius 2 is 0.933 bits per heavy atom. The summed E-state index contributed by atoms with van der Waals surface area (Å²) < 4.78 is 0. The molecule has 2 aromatic carbocycles. The van der Waals surface area contributed by atoms with Crippen molar-refractivity contribution in [1.29, 1.82) is 0 Å². The maximum absolute atomic E-state index is 11.4. The largest absolute Gasteiger partial charge is 2.00 e. The molecule has 0 aliphatic carbocycles. The van der Waals surface area contributed by atoms with Crippen molar-refractivity contribution in [2.24, 2.45) is 0 Å². The van der Waals surface area contributed by atoms with Crippen LogP contribution in [0.15, 0.2) is 48.5 Å². The fourth-order valence-corrected chi connectivity index (χ4v) is 1.38. The Morgan fingerprint density at radius 3 is 1.27 bits per heavy atom. The molecule has 2 rings (SSSR count). The van der Waals surface area contributed by atoms with Gasteiger partial charge in [-0.05, 0) is 11.1 Å². The third kappa shape index (κ3) is 2.80. The monoisotopic (exact) mass is 322 g/mol. The third-order valence-corrected chi connectivity index (χ3v) is 2.06. The molecule has 0 aliphatic heterocycles. The number of para-hydroxylation sites is 2. The second kappa shape index (κ2) is 5.63. The zero-order valence-corrected chi connectivity index (χ0v) is 12.6. The summed E-state index contributed by atoms with van der Waals surface area (Å²) in [6.07, 6.45) is 0. The minimum Gasteiger partial charge on any atom is -0.872 e. The van der Waals surface area contributed by atoms with Crippen LogP contribution in [0, 0.1) is 0 Å². The summed E-state index contributed by atoms with van der Waals surface area (Å²) in [6.45, 7) is 0. The molecule has 70 valence electrons.